The van der Waals surface area contributed by atoms with Gasteiger partial charge in [0.1, 0.15) is 18.1 Å². The van der Waals surface area contributed by atoms with Crippen LogP contribution in [0.3, 0.4) is 0 Å². The molecule has 0 spiro atoms. The van der Waals surface area contributed by atoms with Crippen molar-refractivity contribution in [1.29, 1.82) is 0 Å². The Hall–Kier alpha value is -3.96. The number of nitrogens with zero attached hydrogens (tertiary/aromatic N) is 2. The SMILES string of the molecule is CCOC(=O)C1=C(c2ccccc2)N=c2s/c(=C\c3cc(Br)c(OCc4ccccc4Cl)c(Br)c3)c(=O)n2[C@@H]1c1cccc(OC)c1. The number of carbonyl (C=O) groups is 1. The monoisotopic (exact) mass is 792 g/mol. The molecular weight excluding hydrogens is 768 g/mol. The lowest BCUT2D eigenvalue weighted by atomic mass is 9.93. The minimum atomic E-state index is -0.809. The molecule has 7 nitrogen and oxygen atoms in total. The molecule has 1 aliphatic heterocycles. The molecule has 238 valence electrons. The standard InChI is InChI=1S/C36H27Br2ClN2O5S/c1-3-45-35(43)30-31(22-10-5-4-6-11-22)40-36-41(32(30)23-13-9-14-25(19-23)44-2)34(42)29(47-36)18-21-16-26(37)33(27(38)17-21)46-20-24-12-7-8-15-28(24)39/h4-19,32H,3,20H2,1-2H3/b29-18-/t32-/m1/s1. The highest BCUT2D eigenvalue weighted by molar-refractivity contribution is 9.11. The number of thiazole rings is 1. The fourth-order valence-electron chi connectivity index (χ4n) is 5.28. The molecule has 5 aromatic rings. The third-order valence-corrected chi connectivity index (χ3v) is 9.96. The van der Waals surface area contributed by atoms with Gasteiger partial charge in [0.2, 0.25) is 0 Å². The maximum absolute atomic E-state index is 14.3. The number of aromatic nitrogens is 1. The summed E-state index contributed by atoms with van der Waals surface area (Å²) in [6.07, 6.45) is 1.80. The molecule has 11 heteroatoms. The lowest BCUT2D eigenvalue weighted by Gasteiger charge is -2.26. The Morgan fingerprint density at radius 1 is 1.00 bits per heavy atom. The lowest BCUT2D eigenvalue weighted by molar-refractivity contribution is -0.138. The number of methoxy groups -OCH3 is 1. The predicted octanol–water partition coefficient (Wildman–Crippen LogP) is 7.70. The van der Waals surface area contributed by atoms with Gasteiger partial charge in [-0.25, -0.2) is 9.79 Å². The maximum atomic E-state index is 14.3. The summed E-state index contributed by atoms with van der Waals surface area (Å²) in [5, 5.41) is 0.625. The highest BCUT2D eigenvalue weighted by atomic mass is 79.9. The molecule has 0 amide bonds. The Labute approximate surface area is 296 Å². The largest absolute Gasteiger partial charge is 0.497 e. The second-order valence-electron chi connectivity index (χ2n) is 10.4. The molecule has 6 rings (SSSR count). The molecule has 1 aliphatic rings. The van der Waals surface area contributed by atoms with Crippen molar-refractivity contribution in [2.75, 3.05) is 13.7 Å². The molecule has 0 N–H and O–H groups in total. The third kappa shape index (κ3) is 6.87. The molecule has 1 atom stereocenters. The highest BCUT2D eigenvalue weighted by Gasteiger charge is 2.35. The molecule has 1 aromatic heterocycles. The van der Waals surface area contributed by atoms with Gasteiger partial charge in [0, 0.05) is 16.1 Å². The molecule has 4 aromatic carbocycles. The number of carbonyl (C=O) groups excluding carboxylic acids is 1. The summed E-state index contributed by atoms with van der Waals surface area (Å²) in [5.41, 5.74) is 3.48. The van der Waals surface area contributed by atoms with Gasteiger partial charge in [-0.05, 0) is 86.3 Å². The quantitative estimate of drug-likeness (QED) is 0.143. The molecule has 0 saturated heterocycles. The van der Waals surface area contributed by atoms with Crippen LogP contribution in [0.5, 0.6) is 11.5 Å². The molecule has 0 bridgehead atoms. The molecule has 0 aliphatic carbocycles. The summed E-state index contributed by atoms with van der Waals surface area (Å²) in [6, 6.07) is 27.2. The van der Waals surface area contributed by atoms with Crippen LogP contribution in [0.2, 0.25) is 5.02 Å². The van der Waals surface area contributed by atoms with E-state index in [9.17, 15) is 9.59 Å². The second kappa shape index (κ2) is 14.4. The minimum absolute atomic E-state index is 0.168. The Balaban J connectivity index is 1.49. The van der Waals surface area contributed by atoms with Crippen molar-refractivity contribution >= 4 is 72.5 Å². The molecule has 0 fully saturated rings. The lowest BCUT2D eigenvalue weighted by Crippen LogP contribution is -2.40. The van der Waals surface area contributed by atoms with Crippen LogP contribution < -0.4 is 24.4 Å². The molecular formula is C36H27Br2ClN2O5S. The van der Waals surface area contributed by atoms with Crippen LogP contribution >= 0.6 is 54.8 Å². The number of esters is 1. The van der Waals surface area contributed by atoms with Gasteiger partial charge in [0.15, 0.2) is 4.80 Å². The van der Waals surface area contributed by atoms with Crippen LogP contribution in [0, 0.1) is 0 Å². The van der Waals surface area contributed by atoms with Gasteiger partial charge in [0.25, 0.3) is 5.56 Å². The van der Waals surface area contributed by atoms with Crippen molar-refractivity contribution in [2.24, 2.45) is 4.99 Å². The van der Waals surface area contributed by atoms with Gasteiger partial charge < -0.3 is 14.2 Å². The van der Waals surface area contributed by atoms with Crippen LogP contribution in [0.15, 0.2) is 115 Å². The highest BCUT2D eigenvalue weighted by Crippen LogP contribution is 2.37. The van der Waals surface area contributed by atoms with E-state index in [1.807, 2.05) is 91.0 Å². The Morgan fingerprint density at radius 3 is 2.43 bits per heavy atom. The number of hydrogen-bond donors (Lipinski definition) is 0. The number of benzene rings is 4. The van der Waals surface area contributed by atoms with Crippen LogP contribution in [-0.2, 0) is 16.1 Å². The fraction of sp³-hybridized carbons (Fsp3) is 0.139. The number of hydrogen-bond acceptors (Lipinski definition) is 7. The summed E-state index contributed by atoms with van der Waals surface area (Å²) < 4.78 is 20.6. The van der Waals surface area contributed by atoms with E-state index >= 15 is 0 Å². The Bertz CT molecular complexity index is 2170. The van der Waals surface area contributed by atoms with E-state index in [0.717, 1.165) is 16.7 Å². The van der Waals surface area contributed by atoms with Crippen LogP contribution in [-0.4, -0.2) is 24.3 Å². The number of halogens is 3. The van der Waals surface area contributed by atoms with E-state index in [-0.39, 0.29) is 24.3 Å². The smallest absolute Gasteiger partial charge is 0.338 e. The average molecular weight is 795 g/mol. The van der Waals surface area contributed by atoms with E-state index in [2.05, 4.69) is 31.9 Å². The van der Waals surface area contributed by atoms with Crippen LogP contribution in [0.4, 0.5) is 0 Å². The summed E-state index contributed by atoms with van der Waals surface area (Å²) in [6.45, 7) is 2.20. The first kappa shape index (κ1) is 33.0. The van der Waals surface area contributed by atoms with E-state index in [1.54, 1.807) is 24.7 Å². The van der Waals surface area contributed by atoms with E-state index in [0.29, 0.717) is 46.1 Å². The molecule has 0 unspecified atom stereocenters. The Kier molecular flexibility index (Phi) is 10.1. The number of ether oxygens (including phenoxy) is 3. The van der Waals surface area contributed by atoms with E-state index in [1.165, 1.54) is 11.3 Å². The first-order valence-corrected chi connectivity index (χ1v) is 17.3. The summed E-state index contributed by atoms with van der Waals surface area (Å²) in [5.74, 6) is 0.656. The van der Waals surface area contributed by atoms with Crippen LogP contribution in [0.25, 0.3) is 11.8 Å². The van der Waals surface area contributed by atoms with E-state index < -0.39 is 12.0 Å². The van der Waals surface area contributed by atoms with Crippen molar-refractivity contribution in [2.45, 2.75) is 19.6 Å². The third-order valence-electron chi connectivity index (χ3n) is 7.43. The van der Waals surface area contributed by atoms with Crippen molar-refractivity contribution in [3.8, 4) is 11.5 Å². The zero-order valence-corrected chi connectivity index (χ0v) is 30.0. The van der Waals surface area contributed by atoms with Gasteiger partial charge in [-0.1, -0.05) is 83.6 Å². The van der Waals surface area contributed by atoms with Gasteiger partial charge in [0.05, 0.1) is 44.5 Å². The molecule has 0 radical (unpaired) electrons. The average Bonchev–Trinajstić information content (AvgIpc) is 3.38. The molecule has 2 heterocycles. The first-order chi connectivity index (χ1) is 22.8. The second-order valence-corrected chi connectivity index (χ2v) is 13.5. The zero-order valence-electron chi connectivity index (χ0n) is 25.2. The van der Waals surface area contributed by atoms with Crippen LogP contribution in [0.1, 0.15) is 35.2 Å². The summed E-state index contributed by atoms with van der Waals surface area (Å²) in [4.78, 5) is 33.3. The normalized spacial score (nSPS) is 14.4. The minimum Gasteiger partial charge on any atom is -0.497 e. The predicted molar refractivity (Wildman–Crippen MR) is 192 cm³/mol. The maximum Gasteiger partial charge on any atom is 0.338 e. The molecule has 47 heavy (non-hydrogen) atoms. The number of rotatable bonds is 9. The summed E-state index contributed by atoms with van der Waals surface area (Å²) >= 11 is 14.8. The topological polar surface area (TPSA) is 79.1 Å². The van der Waals surface area contributed by atoms with Gasteiger partial charge >= 0.3 is 5.97 Å². The zero-order chi connectivity index (χ0) is 33.1. The van der Waals surface area contributed by atoms with Crippen molar-refractivity contribution in [1.82, 2.24) is 4.57 Å². The summed E-state index contributed by atoms with van der Waals surface area (Å²) in [7, 11) is 1.57. The van der Waals surface area contributed by atoms with Crippen molar-refractivity contribution in [3.05, 3.63) is 152 Å². The molecule has 0 saturated carbocycles. The fourth-order valence-corrected chi connectivity index (χ4v) is 7.93. The van der Waals surface area contributed by atoms with Gasteiger partial charge in [-0.2, -0.15) is 0 Å². The van der Waals surface area contributed by atoms with Crippen molar-refractivity contribution < 1.29 is 19.0 Å². The van der Waals surface area contributed by atoms with E-state index in [4.69, 9.17) is 30.8 Å². The number of fused-ring (bicyclic) bond motifs is 1. The Morgan fingerprint density at radius 2 is 1.72 bits per heavy atom. The van der Waals surface area contributed by atoms with Gasteiger partial charge in [-0.15, -0.1) is 0 Å². The first-order valence-electron chi connectivity index (χ1n) is 14.6. The van der Waals surface area contributed by atoms with Gasteiger partial charge in [-0.3, -0.25) is 9.36 Å². The van der Waals surface area contributed by atoms with Crippen molar-refractivity contribution in [3.63, 3.8) is 0 Å².